The first-order valence-electron chi connectivity index (χ1n) is 8.30. The normalized spacial score (nSPS) is 10.6. The Balaban J connectivity index is 2.13. The zero-order chi connectivity index (χ0) is 17.8. The van der Waals surface area contributed by atoms with Crippen molar-refractivity contribution >= 4 is 11.0 Å². The van der Waals surface area contributed by atoms with Gasteiger partial charge in [0, 0.05) is 25.1 Å². The van der Waals surface area contributed by atoms with Crippen LogP contribution in [0.4, 0.5) is 0 Å². The number of imidazole rings is 1. The number of aromatic nitrogens is 2. The maximum absolute atomic E-state index is 9.13. The van der Waals surface area contributed by atoms with Gasteiger partial charge in [0.1, 0.15) is 5.82 Å². The second kappa shape index (κ2) is 7.27. The van der Waals surface area contributed by atoms with Gasteiger partial charge in [-0.25, -0.2) is 4.98 Å². The van der Waals surface area contributed by atoms with Gasteiger partial charge in [-0.15, -0.1) is 0 Å². The minimum atomic E-state index is 0.664. The number of nitrogens with zero attached hydrogens (tertiary/aromatic N) is 3. The Labute approximate surface area is 147 Å². The molecule has 2 aromatic carbocycles. The van der Waals surface area contributed by atoms with Crippen molar-refractivity contribution in [2.75, 3.05) is 14.2 Å². The van der Waals surface area contributed by atoms with Gasteiger partial charge in [0.2, 0.25) is 0 Å². The van der Waals surface area contributed by atoms with Crippen LogP contribution >= 0.6 is 0 Å². The van der Waals surface area contributed by atoms with Crippen molar-refractivity contribution in [3.63, 3.8) is 0 Å². The van der Waals surface area contributed by atoms with Crippen LogP contribution in [0.15, 0.2) is 36.4 Å². The standard InChI is InChI=1S/C20H21N3O2/c1-4-6-20-22-16-10-18(24-2)19(25-3)11-17(16)23(20)13-15-8-5-7-14(9-15)12-21/h5,7-11H,4,6,13H2,1-3H3. The van der Waals surface area contributed by atoms with Crippen LogP contribution in [0.5, 0.6) is 11.5 Å². The smallest absolute Gasteiger partial charge is 0.163 e. The van der Waals surface area contributed by atoms with Crippen molar-refractivity contribution in [2.45, 2.75) is 26.3 Å². The molecule has 0 N–H and O–H groups in total. The molecule has 0 atom stereocenters. The predicted octanol–water partition coefficient (Wildman–Crippen LogP) is 3.93. The fraction of sp³-hybridized carbons (Fsp3) is 0.300. The lowest BCUT2D eigenvalue weighted by Crippen LogP contribution is -2.05. The predicted molar refractivity (Wildman–Crippen MR) is 97.1 cm³/mol. The molecule has 0 radical (unpaired) electrons. The molecule has 0 saturated carbocycles. The van der Waals surface area contributed by atoms with Gasteiger partial charge in [-0.2, -0.15) is 5.26 Å². The molecule has 25 heavy (non-hydrogen) atoms. The second-order valence-corrected chi connectivity index (χ2v) is 5.87. The molecule has 0 aliphatic carbocycles. The summed E-state index contributed by atoms with van der Waals surface area (Å²) >= 11 is 0. The summed E-state index contributed by atoms with van der Waals surface area (Å²) in [6.07, 6.45) is 1.90. The van der Waals surface area contributed by atoms with Gasteiger partial charge in [0.25, 0.3) is 0 Å². The van der Waals surface area contributed by atoms with Gasteiger partial charge in [-0.1, -0.05) is 19.1 Å². The highest BCUT2D eigenvalue weighted by Gasteiger charge is 2.15. The maximum atomic E-state index is 9.13. The van der Waals surface area contributed by atoms with Crippen molar-refractivity contribution in [2.24, 2.45) is 0 Å². The lowest BCUT2D eigenvalue weighted by atomic mass is 10.1. The van der Waals surface area contributed by atoms with E-state index in [-0.39, 0.29) is 0 Å². The first-order chi connectivity index (χ1) is 12.2. The number of benzene rings is 2. The van der Waals surface area contributed by atoms with E-state index < -0.39 is 0 Å². The average Bonchev–Trinajstić information content (AvgIpc) is 2.97. The zero-order valence-corrected chi connectivity index (χ0v) is 14.7. The molecule has 0 saturated heterocycles. The number of aryl methyl sites for hydroxylation is 1. The minimum Gasteiger partial charge on any atom is -0.493 e. The Kier molecular flexibility index (Phi) is 4.90. The van der Waals surface area contributed by atoms with Crippen molar-refractivity contribution in [1.29, 1.82) is 5.26 Å². The van der Waals surface area contributed by atoms with Gasteiger partial charge < -0.3 is 14.0 Å². The SMILES string of the molecule is CCCc1nc2cc(OC)c(OC)cc2n1Cc1cccc(C#N)c1. The Morgan fingerprint density at radius 3 is 2.56 bits per heavy atom. The molecule has 3 rings (SSSR count). The number of rotatable bonds is 6. The van der Waals surface area contributed by atoms with Gasteiger partial charge in [0.15, 0.2) is 11.5 Å². The molecule has 0 spiro atoms. The third-order valence-corrected chi connectivity index (χ3v) is 4.20. The van der Waals surface area contributed by atoms with Crippen LogP contribution in [-0.4, -0.2) is 23.8 Å². The van der Waals surface area contributed by atoms with E-state index in [1.54, 1.807) is 14.2 Å². The molecule has 1 aromatic heterocycles. The first kappa shape index (κ1) is 16.8. The van der Waals surface area contributed by atoms with Crippen LogP contribution in [0.1, 0.15) is 30.3 Å². The Bertz CT molecular complexity index is 938. The molecule has 0 aliphatic heterocycles. The molecule has 5 nitrogen and oxygen atoms in total. The Hall–Kier alpha value is -3.00. The molecule has 128 valence electrons. The molecule has 3 aromatic rings. The first-order valence-corrected chi connectivity index (χ1v) is 8.30. The lowest BCUT2D eigenvalue weighted by molar-refractivity contribution is 0.355. The highest BCUT2D eigenvalue weighted by molar-refractivity contribution is 5.81. The fourth-order valence-electron chi connectivity index (χ4n) is 3.01. The quantitative estimate of drug-likeness (QED) is 0.685. The van der Waals surface area contributed by atoms with Crippen LogP contribution in [0.25, 0.3) is 11.0 Å². The molecule has 0 amide bonds. The van der Waals surface area contributed by atoms with Crippen LogP contribution in [-0.2, 0) is 13.0 Å². The maximum Gasteiger partial charge on any atom is 0.163 e. The van der Waals surface area contributed by atoms with Gasteiger partial charge in [-0.05, 0) is 24.1 Å². The molecule has 1 heterocycles. The molecule has 0 unspecified atom stereocenters. The van der Waals surface area contributed by atoms with E-state index in [9.17, 15) is 0 Å². The van der Waals surface area contributed by atoms with E-state index in [0.29, 0.717) is 23.6 Å². The number of fused-ring (bicyclic) bond motifs is 1. The van der Waals surface area contributed by atoms with Crippen LogP contribution in [0, 0.1) is 11.3 Å². The fourth-order valence-corrected chi connectivity index (χ4v) is 3.01. The summed E-state index contributed by atoms with van der Waals surface area (Å²) in [7, 11) is 3.26. The Morgan fingerprint density at radius 2 is 1.88 bits per heavy atom. The van der Waals surface area contributed by atoms with Gasteiger partial charge >= 0.3 is 0 Å². The average molecular weight is 335 g/mol. The van der Waals surface area contributed by atoms with Crippen molar-refractivity contribution in [1.82, 2.24) is 9.55 Å². The van der Waals surface area contributed by atoms with Gasteiger partial charge in [0.05, 0.1) is 36.9 Å². The summed E-state index contributed by atoms with van der Waals surface area (Å²) in [6, 6.07) is 13.8. The third-order valence-electron chi connectivity index (χ3n) is 4.20. The molecule has 0 aliphatic rings. The van der Waals surface area contributed by atoms with E-state index in [1.165, 1.54) is 0 Å². The van der Waals surface area contributed by atoms with Crippen molar-refractivity contribution in [3.8, 4) is 17.6 Å². The summed E-state index contributed by atoms with van der Waals surface area (Å²) in [5.41, 5.74) is 3.63. The number of nitriles is 1. The van der Waals surface area contributed by atoms with Crippen LogP contribution in [0.3, 0.4) is 0 Å². The molecular formula is C20H21N3O2. The van der Waals surface area contributed by atoms with Crippen LogP contribution in [0.2, 0.25) is 0 Å². The molecule has 0 bridgehead atoms. The van der Waals surface area contributed by atoms with E-state index >= 15 is 0 Å². The van der Waals surface area contributed by atoms with E-state index in [2.05, 4.69) is 17.6 Å². The van der Waals surface area contributed by atoms with E-state index in [0.717, 1.165) is 35.3 Å². The molecular weight excluding hydrogens is 314 g/mol. The molecule has 0 fully saturated rings. The number of methoxy groups -OCH3 is 2. The zero-order valence-electron chi connectivity index (χ0n) is 14.7. The largest absolute Gasteiger partial charge is 0.493 e. The Morgan fingerprint density at radius 1 is 1.12 bits per heavy atom. The monoisotopic (exact) mass is 335 g/mol. The summed E-state index contributed by atoms with van der Waals surface area (Å²) in [4.78, 5) is 4.79. The van der Waals surface area contributed by atoms with Crippen molar-refractivity contribution in [3.05, 3.63) is 53.3 Å². The topological polar surface area (TPSA) is 60.1 Å². The van der Waals surface area contributed by atoms with Crippen molar-refractivity contribution < 1.29 is 9.47 Å². The minimum absolute atomic E-state index is 0.664. The summed E-state index contributed by atoms with van der Waals surface area (Å²) < 4.78 is 13.0. The van der Waals surface area contributed by atoms with Gasteiger partial charge in [-0.3, -0.25) is 0 Å². The second-order valence-electron chi connectivity index (χ2n) is 5.87. The highest BCUT2D eigenvalue weighted by atomic mass is 16.5. The molecule has 5 heteroatoms. The lowest BCUT2D eigenvalue weighted by Gasteiger charge is -2.11. The highest BCUT2D eigenvalue weighted by Crippen LogP contribution is 2.33. The summed E-state index contributed by atoms with van der Waals surface area (Å²) in [6.45, 7) is 2.80. The number of ether oxygens (including phenoxy) is 2. The number of hydrogen-bond acceptors (Lipinski definition) is 4. The van der Waals surface area contributed by atoms with E-state index in [1.807, 2.05) is 36.4 Å². The number of hydrogen-bond donors (Lipinski definition) is 0. The van der Waals surface area contributed by atoms with E-state index in [4.69, 9.17) is 19.7 Å². The van der Waals surface area contributed by atoms with Crippen LogP contribution < -0.4 is 9.47 Å². The summed E-state index contributed by atoms with van der Waals surface area (Å²) in [5.74, 6) is 2.38. The third kappa shape index (κ3) is 3.29. The summed E-state index contributed by atoms with van der Waals surface area (Å²) in [5, 5.41) is 9.13.